The van der Waals surface area contributed by atoms with Gasteiger partial charge in [-0.25, -0.2) is 0 Å². The first kappa shape index (κ1) is 28.4. The first-order chi connectivity index (χ1) is 16.4. The number of hydrogen-bond donors (Lipinski definition) is 3. The van der Waals surface area contributed by atoms with Crippen molar-refractivity contribution in [2.45, 2.75) is 85.0 Å². The van der Waals surface area contributed by atoms with Crippen molar-refractivity contribution >= 4 is 11.8 Å². The highest BCUT2D eigenvalue weighted by Crippen LogP contribution is 2.16. The van der Waals surface area contributed by atoms with Gasteiger partial charge in [-0.15, -0.1) is 0 Å². The quantitative estimate of drug-likeness (QED) is 0.413. The highest BCUT2D eigenvalue weighted by atomic mass is 16.5. The Balaban J connectivity index is 2.06. The Labute approximate surface area is 211 Å². The van der Waals surface area contributed by atoms with E-state index in [0.717, 1.165) is 29.8 Å². The molecule has 1 unspecified atom stereocenters. The average molecular weight is 482 g/mol. The summed E-state index contributed by atoms with van der Waals surface area (Å²) < 4.78 is 5.87. The van der Waals surface area contributed by atoms with E-state index in [1.807, 2.05) is 89.2 Å². The molecular weight excluding hydrogens is 438 g/mol. The molecule has 0 fully saturated rings. The number of carbonyl (C=O) groups excluding carboxylic acids is 2. The fraction of sp³-hybridized carbons (Fsp3) is 0.517. The van der Waals surface area contributed by atoms with Gasteiger partial charge in [-0.2, -0.15) is 0 Å². The van der Waals surface area contributed by atoms with E-state index >= 15 is 0 Å². The molecule has 2 aromatic rings. The summed E-state index contributed by atoms with van der Waals surface area (Å²) in [5, 5.41) is 9.31. The third-order valence-corrected chi connectivity index (χ3v) is 5.59. The van der Waals surface area contributed by atoms with Gasteiger partial charge in [-0.05, 0) is 76.8 Å². The Hall–Kier alpha value is -2.86. The number of rotatable bonds is 12. The van der Waals surface area contributed by atoms with Crippen molar-refractivity contribution in [3.05, 3.63) is 65.7 Å². The van der Waals surface area contributed by atoms with Gasteiger partial charge < -0.3 is 20.7 Å². The number of hydrogen-bond acceptors (Lipinski definition) is 4. The zero-order chi connectivity index (χ0) is 26.1. The fourth-order valence-electron chi connectivity index (χ4n) is 3.46. The normalized spacial score (nSPS) is 12.8. The molecule has 2 amide bonds. The van der Waals surface area contributed by atoms with E-state index in [4.69, 9.17) is 4.74 Å². The van der Waals surface area contributed by atoms with Crippen LogP contribution in [0.3, 0.4) is 0 Å². The van der Waals surface area contributed by atoms with Gasteiger partial charge in [0.25, 0.3) is 0 Å². The van der Waals surface area contributed by atoms with Crippen LogP contribution in [0, 0.1) is 5.92 Å². The second-order valence-electron chi connectivity index (χ2n) is 11.1. The molecule has 3 N–H and O–H groups in total. The van der Waals surface area contributed by atoms with E-state index in [1.54, 1.807) is 0 Å². The van der Waals surface area contributed by atoms with E-state index in [9.17, 15) is 9.59 Å². The molecule has 0 heterocycles. The summed E-state index contributed by atoms with van der Waals surface area (Å²) in [6, 6.07) is 17.0. The van der Waals surface area contributed by atoms with Gasteiger partial charge in [0.15, 0.2) is 0 Å². The summed E-state index contributed by atoms with van der Waals surface area (Å²) in [4.78, 5) is 26.2. The number of benzene rings is 2. The van der Waals surface area contributed by atoms with Crippen LogP contribution < -0.4 is 20.7 Å². The van der Waals surface area contributed by atoms with Gasteiger partial charge >= 0.3 is 0 Å². The monoisotopic (exact) mass is 481 g/mol. The van der Waals surface area contributed by atoms with E-state index in [0.29, 0.717) is 18.9 Å². The summed E-state index contributed by atoms with van der Waals surface area (Å²) in [7, 11) is 0. The summed E-state index contributed by atoms with van der Waals surface area (Å²) in [5.74, 6) is 0.908. The second kappa shape index (κ2) is 12.7. The number of ether oxygens (including phenoxy) is 1. The SMILES string of the molecule is CC(C)CCNC(C)(C)C(=O)NC(Cc1ccc(OCc2ccccc2)cc1)C(=O)NC(C)(C)C. The molecule has 0 aliphatic heterocycles. The standard InChI is InChI=1S/C29H43N3O3/c1-21(2)17-18-30-29(6,7)27(34)31-25(26(33)32-28(3,4)5)19-22-13-15-24(16-14-22)35-20-23-11-9-8-10-12-23/h8-16,21,25,30H,17-20H2,1-7H3,(H,31,34)(H,32,33). The van der Waals surface area contributed by atoms with Crippen molar-refractivity contribution in [3.63, 3.8) is 0 Å². The van der Waals surface area contributed by atoms with Crippen LogP contribution in [0.25, 0.3) is 0 Å². The molecule has 6 nitrogen and oxygen atoms in total. The minimum absolute atomic E-state index is 0.196. The predicted octanol–water partition coefficient (Wildman–Crippen LogP) is 4.62. The van der Waals surface area contributed by atoms with Crippen molar-refractivity contribution in [1.29, 1.82) is 0 Å². The van der Waals surface area contributed by atoms with Gasteiger partial charge in [-0.3, -0.25) is 9.59 Å². The lowest BCUT2D eigenvalue weighted by Crippen LogP contribution is -2.59. The van der Waals surface area contributed by atoms with Crippen molar-refractivity contribution in [2.24, 2.45) is 5.92 Å². The van der Waals surface area contributed by atoms with Crippen LogP contribution in [0.1, 0.15) is 66.0 Å². The van der Waals surface area contributed by atoms with Gasteiger partial charge in [0.05, 0.1) is 5.54 Å². The molecule has 0 aromatic heterocycles. The van der Waals surface area contributed by atoms with Crippen molar-refractivity contribution in [1.82, 2.24) is 16.0 Å². The lowest BCUT2D eigenvalue weighted by atomic mass is 9.99. The van der Waals surface area contributed by atoms with Gasteiger partial charge in [-0.1, -0.05) is 56.3 Å². The first-order valence-electron chi connectivity index (χ1n) is 12.5. The lowest BCUT2D eigenvalue weighted by molar-refractivity contribution is -0.132. The maximum atomic E-state index is 13.1. The van der Waals surface area contributed by atoms with Crippen LogP contribution in [0.4, 0.5) is 0 Å². The molecule has 0 aliphatic rings. The minimum atomic E-state index is -0.787. The molecule has 35 heavy (non-hydrogen) atoms. The molecule has 2 aromatic carbocycles. The maximum Gasteiger partial charge on any atom is 0.243 e. The highest BCUT2D eigenvalue weighted by molar-refractivity contribution is 5.92. The molecule has 0 spiro atoms. The van der Waals surface area contributed by atoms with Crippen molar-refractivity contribution < 1.29 is 14.3 Å². The Morgan fingerprint density at radius 2 is 1.51 bits per heavy atom. The fourth-order valence-corrected chi connectivity index (χ4v) is 3.46. The van der Waals surface area contributed by atoms with E-state index in [-0.39, 0.29) is 11.8 Å². The zero-order valence-electron chi connectivity index (χ0n) is 22.4. The third kappa shape index (κ3) is 10.5. The summed E-state index contributed by atoms with van der Waals surface area (Å²) in [6.07, 6.45) is 1.36. The first-order valence-corrected chi connectivity index (χ1v) is 12.5. The topological polar surface area (TPSA) is 79.5 Å². The smallest absolute Gasteiger partial charge is 0.243 e. The Kier molecular flexibility index (Phi) is 10.3. The second-order valence-corrected chi connectivity index (χ2v) is 11.1. The zero-order valence-corrected chi connectivity index (χ0v) is 22.4. The molecule has 0 radical (unpaired) electrons. The van der Waals surface area contributed by atoms with Crippen molar-refractivity contribution in [2.75, 3.05) is 6.54 Å². The van der Waals surface area contributed by atoms with Crippen LogP contribution in [0.15, 0.2) is 54.6 Å². The molecule has 0 aliphatic carbocycles. The Morgan fingerprint density at radius 1 is 0.886 bits per heavy atom. The van der Waals surface area contributed by atoms with Crippen molar-refractivity contribution in [3.8, 4) is 5.75 Å². The van der Waals surface area contributed by atoms with Gasteiger partial charge in [0.1, 0.15) is 18.4 Å². The molecular formula is C29H43N3O3. The van der Waals surface area contributed by atoms with E-state index in [1.165, 1.54) is 0 Å². The summed E-state index contributed by atoms with van der Waals surface area (Å²) >= 11 is 0. The number of amides is 2. The van der Waals surface area contributed by atoms with Crippen LogP contribution in [0.5, 0.6) is 5.75 Å². The third-order valence-electron chi connectivity index (χ3n) is 5.59. The maximum absolute atomic E-state index is 13.1. The lowest BCUT2D eigenvalue weighted by Gasteiger charge is -2.30. The number of carbonyl (C=O) groups is 2. The predicted molar refractivity (Wildman–Crippen MR) is 142 cm³/mol. The average Bonchev–Trinajstić information content (AvgIpc) is 2.77. The Bertz CT molecular complexity index is 932. The van der Waals surface area contributed by atoms with Gasteiger partial charge in [0, 0.05) is 12.0 Å². The van der Waals surface area contributed by atoms with Crippen LogP contribution in [0.2, 0.25) is 0 Å². The molecule has 1 atom stereocenters. The summed E-state index contributed by atoms with van der Waals surface area (Å²) in [6.45, 7) is 15.0. The van der Waals surface area contributed by atoms with Crippen LogP contribution >= 0.6 is 0 Å². The molecule has 192 valence electrons. The summed E-state index contributed by atoms with van der Waals surface area (Å²) in [5.41, 5.74) is 0.852. The Morgan fingerprint density at radius 3 is 2.09 bits per heavy atom. The van der Waals surface area contributed by atoms with Crippen LogP contribution in [-0.4, -0.2) is 35.5 Å². The number of nitrogens with one attached hydrogen (secondary N) is 3. The molecule has 0 saturated carbocycles. The minimum Gasteiger partial charge on any atom is -0.489 e. The van der Waals surface area contributed by atoms with Crippen LogP contribution in [-0.2, 0) is 22.6 Å². The van der Waals surface area contributed by atoms with E-state index < -0.39 is 17.1 Å². The molecule has 0 bridgehead atoms. The molecule has 6 heteroatoms. The largest absolute Gasteiger partial charge is 0.489 e. The van der Waals surface area contributed by atoms with E-state index in [2.05, 4.69) is 29.8 Å². The van der Waals surface area contributed by atoms with Gasteiger partial charge in [0.2, 0.25) is 11.8 Å². The molecule has 2 rings (SSSR count). The molecule has 0 saturated heterocycles. The highest BCUT2D eigenvalue weighted by Gasteiger charge is 2.32.